The summed E-state index contributed by atoms with van der Waals surface area (Å²) in [6.45, 7) is 6.44. The highest BCUT2D eigenvalue weighted by molar-refractivity contribution is 6.29. The molecule has 1 amide bonds. The first kappa shape index (κ1) is 18.3. The molecule has 0 aliphatic rings. The van der Waals surface area contributed by atoms with E-state index in [4.69, 9.17) is 16.3 Å². The number of aromatic nitrogens is 2. The molecule has 0 unspecified atom stereocenters. The standard InChI is InChI=1S/C17H22ClN3O3/c1-5-24-15(22)8-9-20(4)16(23)12-6-7-14-13(10-12)19-17(18)21(14)11(2)3/h6-7,10-11H,5,8-9H2,1-4H3. The van der Waals surface area contributed by atoms with E-state index in [0.29, 0.717) is 29.5 Å². The van der Waals surface area contributed by atoms with Gasteiger partial charge in [-0.2, -0.15) is 0 Å². The Kier molecular flexibility index (Phi) is 5.83. The molecule has 0 saturated heterocycles. The number of benzene rings is 1. The number of hydrogen-bond donors (Lipinski definition) is 0. The summed E-state index contributed by atoms with van der Waals surface area (Å²) in [4.78, 5) is 29.7. The normalized spacial score (nSPS) is 11.1. The molecular formula is C17H22ClN3O3. The van der Waals surface area contributed by atoms with E-state index >= 15 is 0 Å². The minimum absolute atomic E-state index is 0.170. The van der Waals surface area contributed by atoms with E-state index in [-0.39, 0.29) is 24.3 Å². The van der Waals surface area contributed by atoms with Gasteiger partial charge in [-0.25, -0.2) is 4.98 Å². The monoisotopic (exact) mass is 351 g/mol. The SMILES string of the molecule is CCOC(=O)CCN(C)C(=O)c1ccc2c(c1)nc(Cl)n2C(C)C. The second-order valence-electron chi connectivity index (χ2n) is 5.83. The van der Waals surface area contributed by atoms with E-state index < -0.39 is 0 Å². The van der Waals surface area contributed by atoms with Crippen molar-refractivity contribution in [3.8, 4) is 0 Å². The smallest absolute Gasteiger partial charge is 0.307 e. The predicted octanol–water partition coefficient (Wildman–Crippen LogP) is 3.30. The van der Waals surface area contributed by atoms with Crippen molar-refractivity contribution in [1.29, 1.82) is 0 Å². The zero-order valence-electron chi connectivity index (χ0n) is 14.4. The molecule has 0 atom stereocenters. The minimum Gasteiger partial charge on any atom is -0.466 e. The van der Waals surface area contributed by atoms with Gasteiger partial charge in [0.15, 0.2) is 0 Å². The number of ether oxygens (including phenoxy) is 1. The molecule has 7 heteroatoms. The van der Waals surface area contributed by atoms with Crippen LogP contribution in [0.15, 0.2) is 18.2 Å². The van der Waals surface area contributed by atoms with Crippen LogP contribution in [0.5, 0.6) is 0 Å². The Bertz CT molecular complexity index is 755. The van der Waals surface area contributed by atoms with Crippen LogP contribution in [0.1, 0.15) is 43.6 Å². The van der Waals surface area contributed by atoms with Gasteiger partial charge in [-0.1, -0.05) is 0 Å². The number of carbonyl (C=O) groups is 2. The third kappa shape index (κ3) is 3.87. The topological polar surface area (TPSA) is 64.4 Å². The Morgan fingerprint density at radius 2 is 2.08 bits per heavy atom. The lowest BCUT2D eigenvalue weighted by molar-refractivity contribution is -0.143. The van der Waals surface area contributed by atoms with E-state index in [0.717, 1.165) is 5.52 Å². The van der Waals surface area contributed by atoms with Crippen molar-refractivity contribution in [2.45, 2.75) is 33.2 Å². The van der Waals surface area contributed by atoms with Crippen LogP contribution in [0, 0.1) is 0 Å². The van der Waals surface area contributed by atoms with Crippen LogP contribution >= 0.6 is 11.6 Å². The summed E-state index contributed by atoms with van der Waals surface area (Å²) in [6.07, 6.45) is 0.173. The zero-order valence-corrected chi connectivity index (χ0v) is 15.1. The van der Waals surface area contributed by atoms with E-state index in [1.165, 1.54) is 4.90 Å². The lowest BCUT2D eigenvalue weighted by Crippen LogP contribution is -2.29. The van der Waals surface area contributed by atoms with Gasteiger partial charge in [0.05, 0.1) is 24.1 Å². The van der Waals surface area contributed by atoms with Gasteiger partial charge in [-0.3, -0.25) is 9.59 Å². The van der Waals surface area contributed by atoms with Crippen LogP contribution in [0.25, 0.3) is 11.0 Å². The third-order valence-corrected chi connectivity index (χ3v) is 3.98. The molecular weight excluding hydrogens is 330 g/mol. The molecule has 0 fully saturated rings. The molecule has 0 aliphatic heterocycles. The molecule has 0 aliphatic carbocycles. The average molecular weight is 352 g/mol. The molecule has 6 nitrogen and oxygen atoms in total. The Balaban J connectivity index is 2.16. The number of carbonyl (C=O) groups excluding carboxylic acids is 2. The number of amides is 1. The summed E-state index contributed by atoms with van der Waals surface area (Å²) in [5, 5.41) is 0.403. The Labute approximate surface area is 146 Å². The first-order chi connectivity index (χ1) is 11.3. The Morgan fingerprint density at radius 3 is 2.71 bits per heavy atom. The highest BCUT2D eigenvalue weighted by atomic mass is 35.5. The summed E-state index contributed by atoms with van der Waals surface area (Å²) >= 11 is 6.18. The van der Waals surface area contributed by atoms with Gasteiger partial charge in [0.2, 0.25) is 5.28 Å². The predicted molar refractivity (Wildman–Crippen MR) is 93.3 cm³/mol. The van der Waals surface area contributed by atoms with E-state index in [2.05, 4.69) is 4.98 Å². The van der Waals surface area contributed by atoms with Crippen molar-refractivity contribution in [1.82, 2.24) is 14.5 Å². The quantitative estimate of drug-likeness (QED) is 0.749. The van der Waals surface area contributed by atoms with Crippen LogP contribution in [-0.2, 0) is 9.53 Å². The molecule has 0 saturated carbocycles. The van der Waals surface area contributed by atoms with Crippen molar-refractivity contribution in [3.05, 3.63) is 29.0 Å². The molecule has 1 aromatic carbocycles. The first-order valence-corrected chi connectivity index (χ1v) is 8.31. The maximum Gasteiger partial charge on any atom is 0.307 e. The van der Waals surface area contributed by atoms with Crippen molar-refractivity contribution in [2.75, 3.05) is 20.2 Å². The molecule has 24 heavy (non-hydrogen) atoms. The van der Waals surface area contributed by atoms with E-state index in [9.17, 15) is 9.59 Å². The molecule has 0 N–H and O–H groups in total. The van der Waals surface area contributed by atoms with Crippen LogP contribution < -0.4 is 0 Å². The molecule has 130 valence electrons. The zero-order chi connectivity index (χ0) is 17.9. The molecule has 1 aromatic heterocycles. The fourth-order valence-electron chi connectivity index (χ4n) is 2.51. The summed E-state index contributed by atoms with van der Waals surface area (Å²) in [5.41, 5.74) is 2.08. The lowest BCUT2D eigenvalue weighted by atomic mass is 10.1. The minimum atomic E-state index is -0.310. The molecule has 2 aromatic rings. The summed E-state index contributed by atoms with van der Waals surface area (Å²) in [6, 6.07) is 5.50. The number of nitrogens with zero attached hydrogens (tertiary/aromatic N) is 3. The maximum atomic E-state index is 12.5. The molecule has 2 rings (SSSR count). The molecule has 0 radical (unpaired) electrons. The van der Waals surface area contributed by atoms with Crippen LogP contribution in [-0.4, -0.2) is 46.5 Å². The fraction of sp³-hybridized carbons (Fsp3) is 0.471. The second kappa shape index (κ2) is 7.66. The number of rotatable bonds is 6. The fourth-order valence-corrected chi connectivity index (χ4v) is 2.88. The molecule has 0 bridgehead atoms. The molecule has 1 heterocycles. The van der Waals surface area contributed by atoms with Gasteiger partial charge in [0.1, 0.15) is 0 Å². The van der Waals surface area contributed by atoms with E-state index in [1.54, 1.807) is 26.1 Å². The Hall–Kier alpha value is -2.08. The number of imidazole rings is 1. The van der Waals surface area contributed by atoms with E-state index in [1.807, 2.05) is 24.5 Å². The van der Waals surface area contributed by atoms with Gasteiger partial charge >= 0.3 is 5.97 Å². The Morgan fingerprint density at radius 1 is 1.38 bits per heavy atom. The second-order valence-corrected chi connectivity index (χ2v) is 6.17. The third-order valence-electron chi connectivity index (χ3n) is 3.71. The number of hydrogen-bond acceptors (Lipinski definition) is 4. The van der Waals surface area contributed by atoms with Crippen LogP contribution in [0.2, 0.25) is 5.28 Å². The van der Waals surface area contributed by atoms with Crippen LogP contribution in [0.3, 0.4) is 0 Å². The summed E-state index contributed by atoms with van der Waals surface area (Å²) in [5.74, 6) is -0.480. The molecule has 0 spiro atoms. The number of esters is 1. The lowest BCUT2D eigenvalue weighted by Gasteiger charge is -2.17. The summed E-state index contributed by atoms with van der Waals surface area (Å²) in [7, 11) is 1.66. The first-order valence-electron chi connectivity index (χ1n) is 7.93. The number of fused-ring (bicyclic) bond motifs is 1. The highest BCUT2D eigenvalue weighted by Crippen LogP contribution is 2.25. The van der Waals surface area contributed by atoms with Crippen molar-refractivity contribution in [3.63, 3.8) is 0 Å². The van der Waals surface area contributed by atoms with Gasteiger partial charge in [-0.05, 0) is 50.6 Å². The van der Waals surface area contributed by atoms with Gasteiger partial charge < -0.3 is 14.2 Å². The summed E-state index contributed by atoms with van der Waals surface area (Å²) < 4.78 is 6.78. The van der Waals surface area contributed by atoms with Crippen molar-refractivity contribution < 1.29 is 14.3 Å². The van der Waals surface area contributed by atoms with Crippen LogP contribution in [0.4, 0.5) is 0 Å². The van der Waals surface area contributed by atoms with Gasteiger partial charge in [-0.15, -0.1) is 0 Å². The van der Waals surface area contributed by atoms with Gasteiger partial charge in [0, 0.05) is 25.2 Å². The van der Waals surface area contributed by atoms with Crippen molar-refractivity contribution >= 4 is 34.5 Å². The van der Waals surface area contributed by atoms with Crippen molar-refractivity contribution in [2.24, 2.45) is 0 Å². The number of halogens is 1. The maximum absolute atomic E-state index is 12.5. The average Bonchev–Trinajstić information content (AvgIpc) is 2.87. The largest absolute Gasteiger partial charge is 0.466 e. The highest BCUT2D eigenvalue weighted by Gasteiger charge is 2.17. The van der Waals surface area contributed by atoms with Gasteiger partial charge in [0.25, 0.3) is 5.91 Å².